The minimum Gasteiger partial charge on any atom is -0.311 e. The van der Waals surface area contributed by atoms with Crippen LogP contribution in [0.15, 0.2) is 66.5 Å². The molecule has 1 N–H and O–H groups in total. The van der Waals surface area contributed by atoms with Crippen molar-refractivity contribution in [1.29, 1.82) is 0 Å². The van der Waals surface area contributed by atoms with E-state index in [4.69, 9.17) is 0 Å². The van der Waals surface area contributed by atoms with Crippen LogP contribution in [0.3, 0.4) is 0 Å². The van der Waals surface area contributed by atoms with Gasteiger partial charge in [0.25, 0.3) is 0 Å². The standard InChI is InChI=1S/2C11H22.2C10H20.2C10H18.C9H19N.C9H18/c2*1-8(2)5-10-7-11(10)6-9(3)4;4*1-9(2)7-5-6-8-10(3)4;1-8(2)6-5-7-10-9(3)4;1-8(2)6-5-7-9(3)4/h2*8-11H,5-7H2,1-4H3;2*5-6,9-10H,7-8H2,1-4H3;9-10H,7-8H2,1-4H3;5,8-10H,7H2,1-4H3;5-6,8-10H,7H2,1-4H3;5-6,8-9H,7H2,1-4H3/b;;6-5+;6-5-;;;2*6-5+. The van der Waals surface area contributed by atoms with E-state index in [1.54, 1.807) is 0 Å². The zero-order chi connectivity index (χ0) is 64.1. The van der Waals surface area contributed by atoms with Crippen molar-refractivity contribution in [2.45, 2.75) is 317 Å². The molecular formula is C80H157N. The van der Waals surface area contributed by atoms with Gasteiger partial charge in [-0.25, -0.2) is 0 Å². The van der Waals surface area contributed by atoms with Crippen LogP contribution in [0.25, 0.3) is 0 Å². The first-order valence-electron chi connectivity index (χ1n) is 34.7. The Morgan fingerprint density at radius 2 is 0.580 bits per heavy atom. The van der Waals surface area contributed by atoms with E-state index in [2.05, 4.69) is 305 Å². The van der Waals surface area contributed by atoms with Crippen LogP contribution in [-0.4, -0.2) is 12.6 Å². The summed E-state index contributed by atoms with van der Waals surface area (Å²) in [6.45, 7) is 72.8. The fourth-order valence-corrected chi connectivity index (χ4v) is 8.05. The van der Waals surface area contributed by atoms with Crippen molar-refractivity contribution in [2.75, 3.05) is 6.54 Å². The quantitative estimate of drug-likeness (QED) is 0.0468. The van der Waals surface area contributed by atoms with Crippen LogP contribution in [0.5, 0.6) is 0 Å². The molecule has 0 aromatic carbocycles. The number of nitrogens with one attached hydrogen (secondary N) is 1. The van der Waals surface area contributed by atoms with Crippen molar-refractivity contribution in [3.05, 3.63) is 66.5 Å². The zero-order valence-corrected chi connectivity index (χ0v) is 61.9. The highest BCUT2D eigenvalue weighted by Gasteiger charge is 2.37. The average Bonchev–Trinajstić information content (AvgIpc) is 4.22. The number of allylic oxidation sites excluding steroid dienone is 8. The van der Waals surface area contributed by atoms with E-state index in [-0.39, 0.29) is 0 Å². The third-order valence-electron chi connectivity index (χ3n) is 12.6. The maximum absolute atomic E-state index is 3.31. The molecule has 1 nitrogen and oxygen atoms in total. The van der Waals surface area contributed by atoms with Crippen LogP contribution in [0.4, 0.5) is 0 Å². The predicted molar refractivity (Wildman–Crippen MR) is 381 cm³/mol. The van der Waals surface area contributed by atoms with E-state index in [0.29, 0.717) is 23.8 Å². The molecule has 2 aliphatic rings. The lowest BCUT2D eigenvalue weighted by atomic mass is 10.0. The van der Waals surface area contributed by atoms with Crippen molar-refractivity contribution in [3.63, 3.8) is 0 Å². The second kappa shape index (κ2) is 61.1. The maximum atomic E-state index is 3.31. The number of hydrogen-bond acceptors (Lipinski definition) is 1. The van der Waals surface area contributed by atoms with Gasteiger partial charge in [0.1, 0.15) is 0 Å². The van der Waals surface area contributed by atoms with Crippen LogP contribution in [0, 0.1) is 124 Å². The minimum absolute atomic E-state index is 0.594. The Morgan fingerprint density at radius 3 is 0.802 bits per heavy atom. The largest absolute Gasteiger partial charge is 0.311 e. The molecule has 2 rings (SSSR count). The SMILES string of the molecule is CC(C)/C=C/CC(C)C.CC(C)/C=C/CNC(C)C.CC(C)C/C=C/CC(C)C.CC(C)C/C=C\CC(C)C.CC(C)C=C=CCC(C)C.CC(C)CC#CCC(C)C.CC(C)CC1CC1CC(C)C.CC(C)CC1CC1CC(C)C. The van der Waals surface area contributed by atoms with Crippen molar-refractivity contribution in [1.82, 2.24) is 5.32 Å². The minimum atomic E-state index is 0.594. The summed E-state index contributed by atoms with van der Waals surface area (Å²) in [4.78, 5) is 0. The molecule has 0 heterocycles. The molecule has 0 aromatic rings. The molecule has 0 saturated heterocycles. The lowest BCUT2D eigenvalue weighted by Gasteiger charge is -2.05. The van der Waals surface area contributed by atoms with Gasteiger partial charge in [-0.1, -0.05) is 270 Å². The molecular weight excluding hydrogens is 975 g/mol. The molecule has 2 saturated carbocycles. The second-order valence-electron chi connectivity index (χ2n) is 31.0. The van der Waals surface area contributed by atoms with Crippen LogP contribution >= 0.6 is 0 Å². The molecule has 0 aromatic heterocycles. The van der Waals surface area contributed by atoms with Crippen molar-refractivity contribution in [3.8, 4) is 11.8 Å². The van der Waals surface area contributed by atoms with Crippen LogP contribution in [-0.2, 0) is 0 Å². The van der Waals surface area contributed by atoms with Crippen molar-refractivity contribution >= 4 is 0 Å². The van der Waals surface area contributed by atoms with Crippen molar-refractivity contribution in [2.24, 2.45) is 112 Å². The summed E-state index contributed by atoms with van der Waals surface area (Å²) in [6, 6.07) is 0.594. The monoisotopic (exact) mass is 1130 g/mol. The van der Waals surface area contributed by atoms with E-state index < -0.39 is 0 Å². The van der Waals surface area contributed by atoms with Crippen LogP contribution < -0.4 is 5.32 Å². The molecule has 1 heteroatoms. The molecule has 0 radical (unpaired) electrons. The third kappa shape index (κ3) is 100. The van der Waals surface area contributed by atoms with Gasteiger partial charge in [-0.2, -0.15) is 0 Å². The number of hydrogen-bond donors (Lipinski definition) is 1. The van der Waals surface area contributed by atoms with E-state index in [9.17, 15) is 0 Å². The Kier molecular flexibility index (Phi) is 68.0. The summed E-state index contributed by atoms with van der Waals surface area (Å²) in [5, 5.41) is 3.31. The average molecular weight is 1130 g/mol. The second-order valence-corrected chi connectivity index (χ2v) is 31.0. The fraction of sp³-hybridized carbons (Fsp3) is 0.838. The van der Waals surface area contributed by atoms with Crippen LogP contribution in [0.2, 0.25) is 0 Å². The molecule has 4 atom stereocenters. The van der Waals surface area contributed by atoms with Gasteiger partial charge in [-0.3, -0.25) is 0 Å². The van der Waals surface area contributed by atoms with Gasteiger partial charge in [0, 0.05) is 25.4 Å². The van der Waals surface area contributed by atoms with E-state index >= 15 is 0 Å². The first-order chi connectivity index (χ1) is 37.4. The smallest absolute Gasteiger partial charge is 0.0137 e. The predicted octanol–water partition coefficient (Wildman–Crippen LogP) is 26.6. The first kappa shape index (κ1) is 90.2. The molecule has 0 aliphatic heterocycles. The van der Waals surface area contributed by atoms with E-state index in [0.717, 1.165) is 120 Å². The van der Waals surface area contributed by atoms with Gasteiger partial charge in [0.15, 0.2) is 0 Å². The molecule has 0 bridgehead atoms. The highest BCUT2D eigenvalue weighted by atomic mass is 14.9. The van der Waals surface area contributed by atoms with Gasteiger partial charge in [0.2, 0.25) is 0 Å². The Balaban J connectivity index is -0.000000199. The van der Waals surface area contributed by atoms with Crippen LogP contribution in [0.1, 0.15) is 311 Å². The highest BCUT2D eigenvalue weighted by Crippen LogP contribution is 2.47. The normalized spacial score (nSPS) is 16.4. The molecule has 0 spiro atoms. The molecule has 4 unspecified atom stereocenters. The summed E-state index contributed by atoms with van der Waals surface area (Å²) < 4.78 is 0. The summed E-state index contributed by atoms with van der Waals surface area (Å²) in [6.07, 6.45) is 40.6. The highest BCUT2D eigenvalue weighted by molar-refractivity contribution is 4.99. The van der Waals surface area contributed by atoms with E-state index in [1.165, 1.54) is 70.6 Å². The molecule has 482 valence electrons. The molecule has 2 fully saturated rings. The summed E-state index contributed by atoms with van der Waals surface area (Å²) >= 11 is 0. The first-order valence-corrected chi connectivity index (χ1v) is 34.7. The molecule has 81 heavy (non-hydrogen) atoms. The topological polar surface area (TPSA) is 12.0 Å². The summed E-state index contributed by atoms with van der Waals surface area (Å²) in [7, 11) is 0. The van der Waals surface area contributed by atoms with Gasteiger partial charge >= 0.3 is 0 Å². The Labute approximate surface area is 517 Å². The number of rotatable bonds is 28. The lowest BCUT2D eigenvalue weighted by Crippen LogP contribution is -2.22. The maximum Gasteiger partial charge on any atom is 0.0137 e. The van der Waals surface area contributed by atoms with E-state index in [1.807, 2.05) is 0 Å². The fourth-order valence-electron chi connectivity index (χ4n) is 8.05. The summed E-state index contributed by atoms with van der Waals surface area (Å²) in [5.74, 6) is 22.6. The van der Waals surface area contributed by atoms with Gasteiger partial charge in [-0.05, 0) is 202 Å². The molecule has 2 aliphatic carbocycles. The van der Waals surface area contributed by atoms with Gasteiger partial charge in [-0.15, -0.1) is 17.6 Å². The third-order valence-corrected chi connectivity index (χ3v) is 12.6. The Bertz CT molecular complexity index is 1390. The Hall–Kier alpha value is -2.00. The van der Waals surface area contributed by atoms with Gasteiger partial charge in [0.05, 0.1) is 0 Å². The Morgan fingerprint density at radius 1 is 0.309 bits per heavy atom. The summed E-state index contributed by atoms with van der Waals surface area (Å²) in [5.41, 5.74) is 3.17. The van der Waals surface area contributed by atoms with Gasteiger partial charge < -0.3 is 5.32 Å². The lowest BCUT2D eigenvalue weighted by molar-refractivity contribution is 0.464. The zero-order valence-electron chi connectivity index (χ0n) is 61.9. The molecule has 0 amide bonds. The van der Waals surface area contributed by atoms with Crippen molar-refractivity contribution < 1.29 is 0 Å².